The van der Waals surface area contributed by atoms with E-state index >= 15 is 0 Å². The molecule has 6 nitrogen and oxygen atoms in total. The van der Waals surface area contributed by atoms with E-state index in [9.17, 15) is 18.8 Å². The van der Waals surface area contributed by atoms with Gasteiger partial charge < -0.3 is 15.3 Å². The lowest BCUT2D eigenvalue weighted by molar-refractivity contribution is -0.138. The zero-order chi connectivity index (χ0) is 16.1. The number of carboxylic acid groups (broad SMARTS) is 1. The van der Waals surface area contributed by atoms with Crippen LogP contribution in [0.15, 0.2) is 24.3 Å². The van der Waals surface area contributed by atoms with Crippen molar-refractivity contribution >= 4 is 29.5 Å². The number of hydrogen-bond acceptors (Lipinski definition) is 4. The second-order valence-corrected chi connectivity index (χ2v) is 5.79. The highest BCUT2D eigenvalue weighted by Gasteiger charge is 2.25. The topological polar surface area (TPSA) is 86.7 Å². The maximum absolute atomic E-state index is 12.9. The summed E-state index contributed by atoms with van der Waals surface area (Å²) in [6, 6.07) is 4.50. The molecule has 1 unspecified atom stereocenters. The van der Waals surface area contributed by atoms with Gasteiger partial charge >= 0.3 is 5.97 Å². The highest BCUT2D eigenvalue weighted by Crippen LogP contribution is 2.18. The van der Waals surface area contributed by atoms with E-state index in [0.29, 0.717) is 17.2 Å². The Labute approximate surface area is 130 Å². The molecular formula is C14H15FN2O4S. The summed E-state index contributed by atoms with van der Waals surface area (Å²) < 4.78 is 12.9. The Hall–Kier alpha value is -2.09. The number of hydrogen-bond donors (Lipinski definition) is 2. The van der Waals surface area contributed by atoms with Crippen molar-refractivity contribution in [2.45, 2.75) is 12.5 Å². The first-order valence-electron chi connectivity index (χ1n) is 6.58. The van der Waals surface area contributed by atoms with Crippen LogP contribution in [0.25, 0.3) is 0 Å². The van der Waals surface area contributed by atoms with Crippen LogP contribution in [0.2, 0.25) is 0 Å². The lowest BCUT2D eigenvalue weighted by atomic mass is 10.0. The number of carbonyl (C=O) groups is 3. The summed E-state index contributed by atoms with van der Waals surface area (Å²) in [5.74, 6) is -1.27. The van der Waals surface area contributed by atoms with Gasteiger partial charge in [0.05, 0.1) is 24.1 Å². The second kappa shape index (κ2) is 7.26. The Morgan fingerprint density at radius 2 is 2.05 bits per heavy atom. The van der Waals surface area contributed by atoms with E-state index in [0.717, 1.165) is 0 Å². The summed E-state index contributed by atoms with van der Waals surface area (Å²) in [6.07, 6.45) is -0.319. The predicted octanol–water partition coefficient (Wildman–Crippen LogP) is 0.991. The van der Waals surface area contributed by atoms with Gasteiger partial charge in [0.1, 0.15) is 12.4 Å². The molecule has 8 heteroatoms. The van der Waals surface area contributed by atoms with Gasteiger partial charge in [0.15, 0.2) is 0 Å². The Kier molecular flexibility index (Phi) is 5.37. The standard InChI is InChI=1S/C14H15FN2O4S/c15-10-3-1-9(2-4-10)11(5-14(20)21)16-12(18)6-17-8-22-7-13(17)19/h1-4,11H,5-8H2,(H,16,18)(H,20,21). The maximum atomic E-state index is 12.9. The number of halogens is 1. The number of nitrogens with zero attached hydrogens (tertiary/aromatic N) is 1. The number of benzene rings is 1. The molecule has 1 saturated heterocycles. The zero-order valence-corrected chi connectivity index (χ0v) is 12.4. The molecule has 1 atom stereocenters. The van der Waals surface area contributed by atoms with Gasteiger partial charge in [0.2, 0.25) is 11.8 Å². The van der Waals surface area contributed by atoms with E-state index in [2.05, 4.69) is 5.32 Å². The average molecular weight is 326 g/mol. The molecule has 0 aromatic heterocycles. The van der Waals surface area contributed by atoms with E-state index in [1.807, 2.05) is 0 Å². The molecule has 1 heterocycles. The molecule has 1 fully saturated rings. The van der Waals surface area contributed by atoms with Gasteiger partial charge in [-0.15, -0.1) is 11.8 Å². The van der Waals surface area contributed by atoms with Crippen LogP contribution in [-0.2, 0) is 14.4 Å². The van der Waals surface area contributed by atoms with Gasteiger partial charge in [-0.1, -0.05) is 12.1 Å². The van der Waals surface area contributed by atoms with Crippen molar-refractivity contribution in [3.05, 3.63) is 35.6 Å². The molecular weight excluding hydrogens is 311 g/mol. The first-order chi connectivity index (χ1) is 10.5. The Bertz CT molecular complexity index is 579. The van der Waals surface area contributed by atoms with Crippen LogP contribution < -0.4 is 5.32 Å². The second-order valence-electron chi connectivity index (χ2n) is 4.84. The van der Waals surface area contributed by atoms with Crippen LogP contribution in [0.3, 0.4) is 0 Å². The fourth-order valence-electron chi connectivity index (χ4n) is 2.08. The van der Waals surface area contributed by atoms with Crippen molar-refractivity contribution in [1.82, 2.24) is 10.2 Å². The fraction of sp³-hybridized carbons (Fsp3) is 0.357. The van der Waals surface area contributed by atoms with Crippen LogP contribution in [0.4, 0.5) is 4.39 Å². The van der Waals surface area contributed by atoms with Crippen molar-refractivity contribution in [2.24, 2.45) is 0 Å². The minimum Gasteiger partial charge on any atom is -0.481 e. The Balaban J connectivity index is 2.02. The lowest BCUT2D eigenvalue weighted by Crippen LogP contribution is -2.40. The molecule has 118 valence electrons. The molecule has 1 aromatic rings. The molecule has 0 spiro atoms. The van der Waals surface area contributed by atoms with E-state index < -0.39 is 23.7 Å². The predicted molar refractivity (Wildman–Crippen MR) is 78.6 cm³/mol. The quantitative estimate of drug-likeness (QED) is 0.814. The molecule has 0 saturated carbocycles. The number of carbonyl (C=O) groups excluding carboxylic acids is 2. The summed E-state index contributed by atoms with van der Waals surface area (Å²) in [4.78, 5) is 35.8. The third-order valence-corrected chi connectivity index (χ3v) is 4.09. The van der Waals surface area contributed by atoms with Crippen molar-refractivity contribution in [2.75, 3.05) is 18.2 Å². The van der Waals surface area contributed by atoms with Crippen LogP contribution in [0.5, 0.6) is 0 Å². The smallest absolute Gasteiger partial charge is 0.305 e. The van der Waals surface area contributed by atoms with Gasteiger partial charge in [-0.25, -0.2) is 4.39 Å². The van der Waals surface area contributed by atoms with Gasteiger partial charge in [0.25, 0.3) is 0 Å². The molecule has 0 aliphatic carbocycles. The Morgan fingerprint density at radius 1 is 1.36 bits per heavy atom. The summed E-state index contributed by atoms with van der Waals surface area (Å²) in [7, 11) is 0. The number of amides is 2. The van der Waals surface area contributed by atoms with Crippen LogP contribution in [0.1, 0.15) is 18.0 Å². The monoisotopic (exact) mass is 326 g/mol. The number of rotatable bonds is 6. The minimum absolute atomic E-state index is 0.108. The molecule has 2 amide bonds. The van der Waals surface area contributed by atoms with Gasteiger partial charge in [-0.05, 0) is 17.7 Å². The molecule has 1 aromatic carbocycles. The van der Waals surface area contributed by atoms with Gasteiger partial charge in [-0.2, -0.15) is 0 Å². The summed E-state index contributed by atoms with van der Waals surface area (Å²) in [5, 5.41) is 11.5. The largest absolute Gasteiger partial charge is 0.481 e. The third kappa shape index (κ3) is 4.45. The summed E-state index contributed by atoms with van der Waals surface area (Å²) in [5.41, 5.74) is 0.499. The van der Waals surface area contributed by atoms with Gasteiger partial charge in [-0.3, -0.25) is 14.4 Å². The first kappa shape index (κ1) is 16.3. The number of thioether (sulfide) groups is 1. The summed E-state index contributed by atoms with van der Waals surface area (Å²) >= 11 is 1.42. The molecule has 0 bridgehead atoms. The highest BCUT2D eigenvalue weighted by molar-refractivity contribution is 8.00. The molecule has 0 radical (unpaired) electrons. The van der Waals surface area contributed by atoms with E-state index in [1.165, 1.54) is 40.9 Å². The fourth-order valence-corrected chi connectivity index (χ4v) is 2.98. The van der Waals surface area contributed by atoms with Crippen molar-refractivity contribution in [3.8, 4) is 0 Å². The van der Waals surface area contributed by atoms with E-state index in [-0.39, 0.29) is 18.9 Å². The van der Waals surface area contributed by atoms with Crippen molar-refractivity contribution < 1.29 is 23.9 Å². The average Bonchev–Trinajstić information content (AvgIpc) is 2.84. The van der Waals surface area contributed by atoms with Crippen LogP contribution in [-0.4, -0.2) is 46.0 Å². The van der Waals surface area contributed by atoms with Crippen LogP contribution >= 0.6 is 11.8 Å². The molecule has 22 heavy (non-hydrogen) atoms. The van der Waals surface area contributed by atoms with Gasteiger partial charge in [0, 0.05) is 0 Å². The minimum atomic E-state index is -1.08. The maximum Gasteiger partial charge on any atom is 0.305 e. The first-order valence-corrected chi connectivity index (χ1v) is 7.73. The molecule has 2 N–H and O–H groups in total. The lowest BCUT2D eigenvalue weighted by Gasteiger charge is -2.20. The third-order valence-electron chi connectivity index (χ3n) is 3.15. The van der Waals surface area contributed by atoms with Crippen molar-refractivity contribution in [1.29, 1.82) is 0 Å². The molecule has 1 aliphatic rings. The van der Waals surface area contributed by atoms with Crippen LogP contribution in [0, 0.1) is 5.82 Å². The number of aliphatic carboxylic acids is 1. The normalized spacial score (nSPS) is 15.7. The number of nitrogens with one attached hydrogen (secondary N) is 1. The molecule has 2 rings (SSSR count). The van der Waals surface area contributed by atoms with Crippen molar-refractivity contribution in [3.63, 3.8) is 0 Å². The SMILES string of the molecule is O=C(O)CC(NC(=O)CN1CSCC1=O)c1ccc(F)cc1. The Morgan fingerprint density at radius 3 is 2.59 bits per heavy atom. The highest BCUT2D eigenvalue weighted by atomic mass is 32.2. The van der Waals surface area contributed by atoms with E-state index in [1.54, 1.807) is 0 Å². The molecule has 1 aliphatic heterocycles. The number of carboxylic acids is 1. The van der Waals surface area contributed by atoms with E-state index in [4.69, 9.17) is 5.11 Å². The summed E-state index contributed by atoms with van der Waals surface area (Å²) in [6.45, 7) is -0.108. The zero-order valence-electron chi connectivity index (χ0n) is 11.6.